The molecule has 1 aliphatic carbocycles. The molecule has 0 aromatic carbocycles. The third-order valence-corrected chi connectivity index (χ3v) is 4.65. The lowest BCUT2D eigenvalue weighted by Crippen LogP contribution is -2.39. The number of hydrogen-bond acceptors (Lipinski definition) is 3. The molecule has 1 aliphatic rings. The molecule has 1 aromatic heterocycles. The standard InChI is InChI=1S/C19H33N5/c1-3-20-19(23-16-17-10-7-8-13-21-17)22-14-9-15-24(2)18-11-5-4-6-12-18/h7-8,10,13,18H,3-6,9,11-12,14-16H2,1-2H3,(H2,20,22,23). The smallest absolute Gasteiger partial charge is 0.191 e. The first-order valence-corrected chi connectivity index (χ1v) is 9.42. The van der Waals surface area contributed by atoms with Gasteiger partial charge < -0.3 is 15.5 Å². The molecule has 1 fully saturated rings. The molecule has 2 rings (SSSR count). The van der Waals surface area contributed by atoms with Gasteiger partial charge in [-0.05, 0) is 51.9 Å². The lowest BCUT2D eigenvalue weighted by Gasteiger charge is -2.31. The maximum Gasteiger partial charge on any atom is 0.191 e. The zero-order valence-corrected chi connectivity index (χ0v) is 15.3. The molecule has 0 amide bonds. The maximum atomic E-state index is 4.61. The minimum Gasteiger partial charge on any atom is -0.357 e. The van der Waals surface area contributed by atoms with Crippen molar-refractivity contribution in [2.75, 3.05) is 26.7 Å². The van der Waals surface area contributed by atoms with Crippen molar-refractivity contribution in [2.45, 2.75) is 58.0 Å². The highest BCUT2D eigenvalue weighted by atomic mass is 15.2. The summed E-state index contributed by atoms with van der Waals surface area (Å²) in [7, 11) is 2.27. The summed E-state index contributed by atoms with van der Waals surface area (Å²) in [4.78, 5) is 11.5. The van der Waals surface area contributed by atoms with Crippen LogP contribution in [0.2, 0.25) is 0 Å². The van der Waals surface area contributed by atoms with E-state index in [0.29, 0.717) is 6.54 Å². The molecule has 0 spiro atoms. The van der Waals surface area contributed by atoms with Gasteiger partial charge in [-0.15, -0.1) is 0 Å². The lowest BCUT2D eigenvalue weighted by atomic mass is 9.94. The zero-order chi connectivity index (χ0) is 17.0. The van der Waals surface area contributed by atoms with Gasteiger partial charge in [-0.2, -0.15) is 0 Å². The molecule has 0 aliphatic heterocycles. The molecule has 0 unspecified atom stereocenters. The summed E-state index contributed by atoms with van der Waals surface area (Å²) in [5, 5.41) is 6.74. The summed E-state index contributed by atoms with van der Waals surface area (Å²) in [5.41, 5.74) is 0.992. The Labute approximate surface area is 147 Å². The number of guanidine groups is 1. The lowest BCUT2D eigenvalue weighted by molar-refractivity contribution is 0.190. The fraction of sp³-hybridized carbons (Fsp3) is 0.684. The number of pyridine rings is 1. The number of aromatic nitrogens is 1. The van der Waals surface area contributed by atoms with Crippen LogP contribution in [0, 0.1) is 0 Å². The Bertz CT molecular complexity index is 468. The van der Waals surface area contributed by atoms with Crippen molar-refractivity contribution < 1.29 is 0 Å². The number of nitrogens with one attached hydrogen (secondary N) is 2. The van der Waals surface area contributed by atoms with Crippen molar-refractivity contribution in [1.29, 1.82) is 0 Å². The third kappa shape index (κ3) is 6.87. The van der Waals surface area contributed by atoms with Crippen LogP contribution in [0.25, 0.3) is 0 Å². The van der Waals surface area contributed by atoms with Gasteiger partial charge in [0.25, 0.3) is 0 Å². The Morgan fingerprint density at radius 2 is 2.08 bits per heavy atom. The van der Waals surface area contributed by atoms with E-state index >= 15 is 0 Å². The molecule has 0 saturated heterocycles. The second kappa shape index (κ2) is 11.0. The van der Waals surface area contributed by atoms with E-state index in [9.17, 15) is 0 Å². The fourth-order valence-electron chi connectivity index (χ4n) is 3.23. The molecule has 5 heteroatoms. The second-order valence-electron chi connectivity index (χ2n) is 6.57. The second-order valence-corrected chi connectivity index (χ2v) is 6.57. The van der Waals surface area contributed by atoms with E-state index in [1.807, 2.05) is 24.4 Å². The van der Waals surface area contributed by atoms with E-state index in [1.165, 1.54) is 32.1 Å². The molecular formula is C19H33N5. The van der Waals surface area contributed by atoms with Gasteiger partial charge in [0.05, 0.1) is 12.2 Å². The summed E-state index contributed by atoms with van der Waals surface area (Å²) in [6, 6.07) is 6.73. The van der Waals surface area contributed by atoms with Crippen molar-refractivity contribution >= 4 is 5.96 Å². The van der Waals surface area contributed by atoms with Crippen molar-refractivity contribution in [2.24, 2.45) is 4.99 Å². The fourth-order valence-corrected chi connectivity index (χ4v) is 3.23. The number of hydrogen-bond donors (Lipinski definition) is 2. The summed E-state index contributed by atoms with van der Waals surface area (Å²) < 4.78 is 0. The SMILES string of the molecule is CCNC(=NCc1ccccn1)NCCCN(C)C1CCCCC1. The Balaban J connectivity index is 1.68. The van der Waals surface area contributed by atoms with E-state index in [1.54, 1.807) is 0 Å². The number of nitrogens with zero attached hydrogens (tertiary/aromatic N) is 3. The summed E-state index contributed by atoms with van der Waals surface area (Å²) >= 11 is 0. The van der Waals surface area contributed by atoms with Gasteiger partial charge in [-0.3, -0.25) is 4.98 Å². The molecule has 5 nitrogen and oxygen atoms in total. The highest BCUT2D eigenvalue weighted by Gasteiger charge is 2.17. The minimum absolute atomic E-state index is 0.609. The van der Waals surface area contributed by atoms with Crippen molar-refractivity contribution in [1.82, 2.24) is 20.5 Å². The molecule has 0 atom stereocenters. The maximum absolute atomic E-state index is 4.61. The largest absolute Gasteiger partial charge is 0.357 e. The van der Waals surface area contributed by atoms with Gasteiger partial charge in [0.15, 0.2) is 5.96 Å². The first kappa shape index (κ1) is 18.7. The van der Waals surface area contributed by atoms with Crippen LogP contribution < -0.4 is 10.6 Å². The summed E-state index contributed by atoms with van der Waals surface area (Å²) in [5.74, 6) is 0.878. The van der Waals surface area contributed by atoms with Crippen molar-refractivity contribution in [3.8, 4) is 0 Å². The highest BCUT2D eigenvalue weighted by Crippen LogP contribution is 2.21. The van der Waals surface area contributed by atoms with Crippen LogP contribution in [0.15, 0.2) is 29.4 Å². The molecule has 1 heterocycles. The Morgan fingerprint density at radius 1 is 1.25 bits per heavy atom. The molecule has 2 N–H and O–H groups in total. The van der Waals surface area contributed by atoms with E-state index in [-0.39, 0.29) is 0 Å². The average Bonchev–Trinajstić information content (AvgIpc) is 2.64. The molecule has 1 aromatic rings. The van der Waals surface area contributed by atoms with E-state index in [2.05, 4.69) is 39.5 Å². The minimum atomic E-state index is 0.609. The van der Waals surface area contributed by atoms with Gasteiger partial charge in [-0.1, -0.05) is 25.3 Å². The van der Waals surface area contributed by atoms with Crippen LogP contribution in [0.4, 0.5) is 0 Å². The van der Waals surface area contributed by atoms with Crippen LogP contribution in [0.5, 0.6) is 0 Å². The van der Waals surface area contributed by atoms with Gasteiger partial charge in [-0.25, -0.2) is 4.99 Å². The number of rotatable bonds is 8. The van der Waals surface area contributed by atoms with Gasteiger partial charge >= 0.3 is 0 Å². The van der Waals surface area contributed by atoms with Gasteiger partial charge in [0.2, 0.25) is 0 Å². The Morgan fingerprint density at radius 3 is 2.79 bits per heavy atom. The number of aliphatic imine (C=N–C) groups is 1. The van der Waals surface area contributed by atoms with Crippen molar-refractivity contribution in [3.63, 3.8) is 0 Å². The Hall–Kier alpha value is -1.62. The van der Waals surface area contributed by atoms with Crippen LogP contribution >= 0.6 is 0 Å². The highest BCUT2D eigenvalue weighted by molar-refractivity contribution is 5.79. The van der Waals surface area contributed by atoms with Crippen LogP contribution in [0.3, 0.4) is 0 Å². The van der Waals surface area contributed by atoms with E-state index in [0.717, 1.165) is 43.8 Å². The molecule has 134 valence electrons. The first-order chi connectivity index (χ1) is 11.8. The molecule has 24 heavy (non-hydrogen) atoms. The summed E-state index contributed by atoms with van der Waals surface area (Å²) in [6.45, 7) is 5.67. The first-order valence-electron chi connectivity index (χ1n) is 9.42. The third-order valence-electron chi connectivity index (χ3n) is 4.65. The Kier molecular flexibility index (Phi) is 8.60. The topological polar surface area (TPSA) is 52.6 Å². The molecule has 0 bridgehead atoms. The predicted molar refractivity (Wildman–Crippen MR) is 101 cm³/mol. The van der Waals surface area contributed by atoms with Gasteiger partial charge in [0, 0.05) is 25.3 Å². The van der Waals surface area contributed by atoms with Gasteiger partial charge in [0.1, 0.15) is 0 Å². The molecule has 1 saturated carbocycles. The van der Waals surface area contributed by atoms with E-state index < -0.39 is 0 Å². The van der Waals surface area contributed by atoms with Crippen LogP contribution in [-0.2, 0) is 6.54 Å². The van der Waals surface area contributed by atoms with Crippen molar-refractivity contribution in [3.05, 3.63) is 30.1 Å². The van der Waals surface area contributed by atoms with Crippen LogP contribution in [-0.4, -0.2) is 48.6 Å². The monoisotopic (exact) mass is 331 g/mol. The predicted octanol–water partition coefficient (Wildman–Crippen LogP) is 2.79. The zero-order valence-electron chi connectivity index (χ0n) is 15.3. The molecular weight excluding hydrogens is 298 g/mol. The molecule has 0 radical (unpaired) electrons. The van der Waals surface area contributed by atoms with E-state index in [4.69, 9.17) is 0 Å². The average molecular weight is 332 g/mol. The van der Waals surface area contributed by atoms with Crippen LogP contribution in [0.1, 0.15) is 51.1 Å². The quantitative estimate of drug-likeness (QED) is 0.437. The summed E-state index contributed by atoms with van der Waals surface area (Å²) in [6.07, 6.45) is 9.92. The normalized spacial score (nSPS) is 16.4.